The summed E-state index contributed by atoms with van der Waals surface area (Å²) in [6.07, 6.45) is 3.62. The van der Waals surface area contributed by atoms with Crippen LogP contribution in [0.1, 0.15) is 19.4 Å². The van der Waals surface area contributed by atoms with E-state index in [1.54, 1.807) is 12.3 Å². The molecule has 0 unspecified atom stereocenters. The lowest BCUT2D eigenvalue weighted by Crippen LogP contribution is -1.75. The largest absolute Gasteiger partial charge is 0.358 e. The van der Waals surface area contributed by atoms with E-state index in [9.17, 15) is 0 Å². The van der Waals surface area contributed by atoms with Crippen LogP contribution in [0.4, 0.5) is 0 Å². The van der Waals surface area contributed by atoms with Crippen LogP contribution >= 0.6 is 11.6 Å². The molecule has 0 aliphatic carbocycles. The normalized spacial score (nSPS) is 9.54. The minimum atomic E-state index is 0.725. The van der Waals surface area contributed by atoms with Gasteiger partial charge < -0.3 is 4.98 Å². The molecule has 0 aliphatic heterocycles. The van der Waals surface area contributed by atoms with Crippen molar-refractivity contribution in [2.75, 3.05) is 0 Å². The third kappa shape index (κ3) is 1.83. The molecule has 0 spiro atoms. The number of H-pyrrole nitrogens is 1. The van der Waals surface area contributed by atoms with E-state index in [1.165, 1.54) is 0 Å². The lowest BCUT2D eigenvalue weighted by Gasteiger charge is -1.91. The van der Waals surface area contributed by atoms with Gasteiger partial charge in [0.2, 0.25) is 0 Å². The summed E-state index contributed by atoms with van der Waals surface area (Å²) in [7, 11) is 0. The summed E-state index contributed by atoms with van der Waals surface area (Å²) in [5, 5.41) is 0.725. The molecule has 2 nitrogen and oxygen atoms in total. The van der Waals surface area contributed by atoms with E-state index in [-0.39, 0.29) is 0 Å². The maximum atomic E-state index is 5.90. The number of halogens is 1. The minimum absolute atomic E-state index is 0.725. The summed E-state index contributed by atoms with van der Waals surface area (Å²) >= 11 is 5.90. The predicted molar refractivity (Wildman–Crippen MR) is 57.2 cm³/mol. The summed E-state index contributed by atoms with van der Waals surface area (Å²) in [4.78, 5) is 7.25. The van der Waals surface area contributed by atoms with Crippen LogP contribution < -0.4 is 0 Å². The van der Waals surface area contributed by atoms with Gasteiger partial charge in [0.15, 0.2) is 0 Å². The zero-order valence-electron chi connectivity index (χ0n) is 8.06. The van der Waals surface area contributed by atoms with Crippen LogP contribution in [-0.4, -0.2) is 9.97 Å². The zero-order valence-corrected chi connectivity index (χ0v) is 8.81. The van der Waals surface area contributed by atoms with E-state index in [1.807, 2.05) is 27.0 Å². The molecule has 0 saturated carbocycles. The van der Waals surface area contributed by atoms with Crippen LogP contribution in [-0.2, 0) is 0 Å². The highest BCUT2D eigenvalue weighted by molar-refractivity contribution is 6.34. The number of aryl methyl sites for hydroxylation is 1. The second-order valence-corrected chi connectivity index (χ2v) is 2.90. The van der Waals surface area contributed by atoms with Crippen molar-refractivity contribution in [1.29, 1.82) is 0 Å². The van der Waals surface area contributed by atoms with Crippen molar-refractivity contribution in [2.24, 2.45) is 0 Å². The highest BCUT2D eigenvalue weighted by Gasteiger charge is 2.02. The Morgan fingerprint density at radius 2 is 2.08 bits per heavy atom. The summed E-state index contributed by atoms with van der Waals surface area (Å²) < 4.78 is 0. The molecule has 0 fully saturated rings. The van der Waals surface area contributed by atoms with Crippen molar-refractivity contribution in [3.8, 4) is 0 Å². The van der Waals surface area contributed by atoms with E-state index in [0.29, 0.717) is 0 Å². The van der Waals surface area contributed by atoms with Crippen molar-refractivity contribution in [3.63, 3.8) is 0 Å². The van der Waals surface area contributed by atoms with Crippen molar-refractivity contribution in [2.45, 2.75) is 20.8 Å². The number of rotatable bonds is 0. The maximum Gasteiger partial charge on any atom is 0.0923 e. The summed E-state index contributed by atoms with van der Waals surface area (Å²) in [6, 6.07) is 1.78. The Labute approximate surface area is 82.9 Å². The van der Waals surface area contributed by atoms with E-state index in [4.69, 9.17) is 11.6 Å². The van der Waals surface area contributed by atoms with Gasteiger partial charge in [0.05, 0.1) is 16.1 Å². The lowest BCUT2D eigenvalue weighted by molar-refractivity contribution is 1.39. The summed E-state index contributed by atoms with van der Waals surface area (Å²) in [6.45, 7) is 6.00. The lowest BCUT2D eigenvalue weighted by atomic mass is 10.3. The van der Waals surface area contributed by atoms with Gasteiger partial charge in [0, 0.05) is 12.4 Å². The molecule has 0 bridgehead atoms. The Morgan fingerprint density at radius 3 is 2.69 bits per heavy atom. The number of pyridine rings is 1. The first kappa shape index (κ1) is 10.1. The van der Waals surface area contributed by atoms with Crippen LogP contribution in [0.5, 0.6) is 0 Å². The molecule has 3 heteroatoms. The first-order valence-corrected chi connectivity index (χ1v) is 4.75. The van der Waals surface area contributed by atoms with Gasteiger partial charge in [-0.25, -0.2) is 0 Å². The van der Waals surface area contributed by atoms with Gasteiger partial charge in [0.25, 0.3) is 0 Å². The Kier molecular flexibility index (Phi) is 3.32. The summed E-state index contributed by atoms with van der Waals surface area (Å²) in [5.41, 5.74) is 3.01. The van der Waals surface area contributed by atoms with Gasteiger partial charge in [0.1, 0.15) is 0 Å². The van der Waals surface area contributed by atoms with Crippen LogP contribution in [0, 0.1) is 6.92 Å². The number of nitrogens with zero attached hydrogens (tertiary/aromatic N) is 1. The number of aromatic nitrogens is 2. The van der Waals surface area contributed by atoms with Crippen LogP contribution in [0.3, 0.4) is 0 Å². The number of aromatic amines is 1. The fourth-order valence-electron chi connectivity index (χ4n) is 1.12. The van der Waals surface area contributed by atoms with Crippen LogP contribution in [0.25, 0.3) is 11.0 Å². The van der Waals surface area contributed by atoms with Crippen molar-refractivity contribution in [3.05, 3.63) is 29.0 Å². The third-order valence-corrected chi connectivity index (χ3v) is 2.02. The molecule has 0 radical (unpaired) electrons. The van der Waals surface area contributed by atoms with E-state index >= 15 is 0 Å². The molecule has 1 N–H and O–H groups in total. The molecule has 2 rings (SSSR count). The molecule has 2 aromatic rings. The highest BCUT2D eigenvalue weighted by atomic mass is 35.5. The van der Waals surface area contributed by atoms with Gasteiger partial charge in [-0.3, -0.25) is 4.98 Å². The smallest absolute Gasteiger partial charge is 0.0923 e. The van der Waals surface area contributed by atoms with Gasteiger partial charge in [-0.2, -0.15) is 0 Å². The molecule has 2 heterocycles. The first-order valence-electron chi connectivity index (χ1n) is 4.37. The minimum Gasteiger partial charge on any atom is -0.358 e. The monoisotopic (exact) mass is 196 g/mol. The van der Waals surface area contributed by atoms with Crippen molar-refractivity contribution < 1.29 is 0 Å². The Morgan fingerprint density at radius 1 is 1.38 bits per heavy atom. The Bertz CT molecular complexity index is 393. The second-order valence-electron chi connectivity index (χ2n) is 2.49. The van der Waals surface area contributed by atoms with Gasteiger partial charge >= 0.3 is 0 Å². The maximum absolute atomic E-state index is 5.90. The number of nitrogens with one attached hydrogen (secondary N) is 1. The third-order valence-electron chi connectivity index (χ3n) is 1.71. The molecular weight excluding hydrogens is 184 g/mol. The standard InChI is InChI=1S/C8H7ClN2.C2H6/c1-5-4-11-8-6(9)2-3-10-7(5)8;1-2/h2-4,11H,1H3;1-2H3. The molecule has 13 heavy (non-hydrogen) atoms. The van der Waals surface area contributed by atoms with Crippen LogP contribution in [0.2, 0.25) is 5.02 Å². The molecule has 0 atom stereocenters. The predicted octanol–water partition coefficient (Wildman–Crippen LogP) is 3.55. The molecule has 0 saturated heterocycles. The second kappa shape index (κ2) is 4.28. The average molecular weight is 197 g/mol. The van der Waals surface area contributed by atoms with E-state index < -0.39 is 0 Å². The average Bonchev–Trinajstić information content (AvgIpc) is 2.53. The van der Waals surface area contributed by atoms with Gasteiger partial charge in [-0.15, -0.1) is 0 Å². The molecule has 0 aromatic carbocycles. The van der Waals surface area contributed by atoms with Gasteiger partial charge in [-0.1, -0.05) is 25.4 Å². The van der Waals surface area contributed by atoms with Crippen molar-refractivity contribution >= 4 is 22.6 Å². The fraction of sp³-hybridized carbons (Fsp3) is 0.300. The topological polar surface area (TPSA) is 28.7 Å². The van der Waals surface area contributed by atoms with Gasteiger partial charge in [-0.05, 0) is 18.6 Å². The quantitative estimate of drug-likeness (QED) is 0.686. The molecular formula is C10H13ClN2. The highest BCUT2D eigenvalue weighted by Crippen LogP contribution is 2.21. The Hall–Kier alpha value is -1.02. The fourth-order valence-corrected chi connectivity index (χ4v) is 1.32. The number of fused-ring (bicyclic) bond motifs is 1. The zero-order chi connectivity index (χ0) is 9.84. The molecule has 70 valence electrons. The van der Waals surface area contributed by atoms with E-state index in [2.05, 4.69) is 9.97 Å². The number of hydrogen-bond acceptors (Lipinski definition) is 1. The Balaban J connectivity index is 0.000000396. The molecule has 0 aliphatic rings. The summed E-state index contributed by atoms with van der Waals surface area (Å²) in [5.74, 6) is 0. The van der Waals surface area contributed by atoms with Crippen LogP contribution in [0.15, 0.2) is 18.5 Å². The first-order chi connectivity index (χ1) is 6.29. The van der Waals surface area contributed by atoms with E-state index in [0.717, 1.165) is 21.6 Å². The molecule has 2 aromatic heterocycles. The van der Waals surface area contributed by atoms with Crippen molar-refractivity contribution in [1.82, 2.24) is 9.97 Å². The molecule has 0 amide bonds. The number of hydrogen-bond donors (Lipinski definition) is 1. The SMILES string of the molecule is CC.Cc1c[nH]c2c(Cl)ccnc12.